The van der Waals surface area contributed by atoms with Gasteiger partial charge >= 0.3 is 0 Å². The van der Waals surface area contributed by atoms with Gasteiger partial charge in [0.05, 0.1) is 40.3 Å². The van der Waals surface area contributed by atoms with E-state index in [0.717, 1.165) is 54.3 Å². The molecule has 0 aliphatic heterocycles. The number of para-hydroxylation sites is 2. The molecule has 0 atom stereocenters. The van der Waals surface area contributed by atoms with Crippen molar-refractivity contribution >= 4 is 80.8 Å². The summed E-state index contributed by atoms with van der Waals surface area (Å²) in [7, 11) is 0. The largest absolute Gasteiger partial charge is 0.309 e. The van der Waals surface area contributed by atoms with Gasteiger partial charge in [0.25, 0.3) is 0 Å². The summed E-state index contributed by atoms with van der Waals surface area (Å²) in [6.07, 6.45) is 0. The Morgan fingerprint density at radius 2 is 1.23 bits per heavy atom. The molecule has 3 heterocycles. The molecule has 0 unspecified atom stereocenters. The zero-order valence-corrected chi connectivity index (χ0v) is 23.6. The number of aromatic nitrogens is 2. The Bertz CT molecular complexity index is 2710. The van der Waals surface area contributed by atoms with E-state index in [9.17, 15) is 5.26 Å². The third kappa shape index (κ3) is 3.23. The fourth-order valence-electron chi connectivity index (χ4n) is 6.79. The molecule has 0 aliphatic carbocycles. The Balaban J connectivity index is 1.36. The van der Waals surface area contributed by atoms with Crippen molar-refractivity contribution in [3.63, 3.8) is 0 Å². The van der Waals surface area contributed by atoms with Crippen LogP contribution in [0.3, 0.4) is 0 Å². The van der Waals surface area contributed by atoms with Crippen LogP contribution in [0.2, 0.25) is 0 Å². The quantitative estimate of drug-likeness (QED) is 0.192. The minimum absolute atomic E-state index is 0.658. The second-order valence-electron chi connectivity index (χ2n) is 10.8. The minimum atomic E-state index is 0.658. The average molecular weight is 565 g/mol. The summed E-state index contributed by atoms with van der Waals surface area (Å²) in [5, 5.41) is 16.5. The molecule has 4 nitrogen and oxygen atoms in total. The third-order valence-corrected chi connectivity index (χ3v) is 9.74. The highest BCUT2D eigenvalue weighted by atomic mass is 32.1. The van der Waals surface area contributed by atoms with Gasteiger partial charge in [-0.3, -0.25) is 0 Å². The first-order valence-corrected chi connectivity index (χ1v) is 14.9. The summed E-state index contributed by atoms with van der Waals surface area (Å²) < 4.78 is 6.89. The van der Waals surface area contributed by atoms with Gasteiger partial charge in [-0.25, -0.2) is 4.85 Å². The highest BCUT2D eigenvalue weighted by Gasteiger charge is 2.19. The van der Waals surface area contributed by atoms with Gasteiger partial charge < -0.3 is 9.13 Å². The molecule has 0 fully saturated rings. The molecular formula is C38H20N4S. The third-order valence-electron chi connectivity index (χ3n) is 8.54. The van der Waals surface area contributed by atoms with Crippen molar-refractivity contribution < 1.29 is 0 Å². The molecule has 9 rings (SSSR count). The van der Waals surface area contributed by atoms with Gasteiger partial charge in [0.2, 0.25) is 5.69 Å². The summed E-state index contributed by atoms with van der Waals surface area (Å²) in [6, 6.07) is 44.4. The van der Waals surface area contributed by atoms with Crippen molar-refractivity contribution in [3.8, 4) is 17.4 Å². The molecule has 43 heavy (non-hydrogen) atoms. The van der Waals surface area contributed by atoms with E-state index in [-0.39, 0.29) is 0 Å². The van der Waals surface area contributed by atoms with Crippen molar-refractivity contribution in [2.45, 2.75) is 0 Å². The second kappa shape index (κ2) is 8.81. The summed E-state index contributed by atoms with van der Waals surface area (Å²) in [6.45, 7) is 7.72. The van der Waals surface area contributed by atoms with Gasteiger partial charge in [-0.05, 0) is 66.0 Å². The van der Waals surface area contributed by atoms with Crippen LogP contribution in [0.1, 0.15) is 5.56 Å². The lowest BCUT2D eigenvalue weighted by Gasteiger charge is -2.13. The Kier molecular flexibility index (Phi) is 4.87. The second-order valence-corrected chi connectivity index (χ2v) is 11.8. The van der Waals surface area contributed by atoms with E-state index in [0.29, 0.717) is 11.3 Å². The first kappa shape index (κ1) is 23.8. The van der Waals surface area contributed by atoms with Crippen LogP contribution >= 0.6 is 11.3 Å². The SMILES string of the molecule is [C-]#[N+]c1cccc2c1sc1ccc3c(c4ccccc4n3-c3cccc(-n4c5ccccc5c5cc(C#N)ccc54)c3)c12. The van der Waals surface area contributed by atoms with Crippen LogP contribution in [-0.2, 0) is 0 Å². The molecule has 6 aromatic carbocycles. The average Bonchev–Trinajstić information content (AvgIpc) is 3.72. The molecule has 198 valence electrons. The number of hydrogen-bond acceptors (Lipinski definition) is 2. The first-order valence-electron chi connectivity index (χ1n) is 14.0. The van der Waals surface area contributed by atoms with E-state index < -0.39 is 0 Å². The maximum absolute atomic E-state index is 9.57. The van der Waals surface area contributed by atoms with Crippen LogP contribution in [0, 0.1) is 17.9 Å². The predicted molar refractivity (Wildman–Crippen MR) is 179 cm³/mol. The number of hydrogen-bond donors (Lipinski definition) is 0. The predicted octanol–water partition coefficient (Wildman–Crippen LogP) is 10.7. The van der Waals surface area contributed by atoms with Crippen molar-refractivity contribution in [1.82, 2.24) is 9.13 Å². The summed E-state index contributed by atoms with van der Waals surface area (Å²) in [5.74, 6) is 0. The molecule has 0 amide bonds. The van der Waals surface area contributed by atoms with Crippen molar-refractivity contribution in [2.75, 3.05) is 0 Å². The van der Waals surface area contributed by atoms with Gasteiger partial charge in [-0.15, -0.1) is 11.3 Å². The van der Waals surface area contributed by atoms with E-state index in [2.05, 4.69) is 117 Å². The highest BCUT2D eigenvalue weighted by Crippen LogP contribution is 2.46. The Hall–Kier alpha value is -5.88. The molecular weight excluding hydrogens is 545 g/mol. The van der Waals surface area contributed by atoms with E-state index in [1.807, 2.05) is 24.3 Å². The number of nitrogens with zero attached hydrogens (tertiary/aromatic N) is 4. The first-order chi connectivity index (χ1) is 21.2. The number of benzene rings is 6. The minimum Gasteiger partial charge on any atom is -0.309 e. The fraction of sp³-hybridized carbons (Fsp3) is 0. The van der Waals surface area contributed by atoms with Crippen LogP contribution in [0.15, 0.2) is 121 Å². The van der Waals surface area contributed by atoms with Gasteiger partial charge in [0.1, 0.15) is 0 Å². The van der Waals surface area contributed by atoms with E-state index in [1.54, 1.807) is 11.3 Å². The van der Waals surface area contributed by atoms with Crippen molar-refractivity contribution in [1.29, 1.82) is 5.26 Å². The van der Waals surface area contributed by atoms with Gasteiger partial charge in [-0.2, -0.15) is 5.26 Å². The topological polar surface area (TPSA) is 38.0 Å². The molecule has 0 radical (unpaired) electrons. The van der Waals surface area contributed by atoms with E-state index in [4.69, 9.17) is 6.57 Å². The molecule has 0 N–H and O–H groups in total. The highest BCUT2D eigenvalue weighted by molar-refractivity contribution is 7.26. The van der Waals surface area contributed by atoms with Crippen LogP contribution in [-0.4, -0.2) is 9.13 Å². The smallest absolute Gasteiger partial charge is 0.204 e. The standard InChI is InChI=1S/C38H20N4S/c1-40-30-13-7-12-28-37-35(43-38(28)30)19-18-34-36(37)27-11-3-5-15-32(27)42(34)25-9-6-8-24(21-25)41-31-14-4-2-10-26(31)29-20-23(22-39)16-17-33(29)41/h2-21H. The number of fused-ring (bicyclic) bond motifs is 10. The molecule has 0 spiro atoms. The molecule has 0 saturated carbocycles. The molecule has 5 heteroatoms. The van der Waals surface area contributed by atoms with Crippen LogP contribution < -0.4 is 0 Å². The Labute approximate surface area is 250 Å². The summed E-state index contributed by atoms with van der Waals surface area (Å²) in [5.41, 5.74) is 7.95. The van der Waals surface area contributed by atoms with E-state index >= 15 is 0 Å². The maximum Gasteiger partial charge on any atom is 0.204 e. The van der Waals surface area contributed by atoms with Crippen molar-refractivity contribution in [3.05, 3.63) is 138 Å². The van der Waals surface area contributed by atoms with Crippen LogP contribution in [0.25, 0.3) is 80.0 Å². The van der Waals surface area contributed by atoms with Gasteiger partial charge in [0.15, 0.2) is 0 Å². The number of thiophene rings is 1. The summed E-state index contributed by atoms with van der Waals surface area (Å²) in [4.78, 5) is 3.81. The monoisotopic (exact) mass is 564 g/mol. The van der Waals surface area contributed by atoms with Gasteiger partial charge in [0, 0.05) is 47.7 Å². The number of rotatable bonds is 2. The lowest BCUT2D eigenvalue weighted by Crippen LogP contribution is -1.98. The molecule has 9 aromatic rings. The molecule has 0 bridgehead atoms. The Morgan fingerprint density at radius 3 is 2.02 bits per heavy atom. The van der Waals surface area contributed by atoms with Crippen LogP contribution in [0.5, 0.6) is 0 Å². The molecule has 0 saturated heterocycles. The molecule has 3 aromatic heterocycles. The van der Waals surface area contributed by atoms with Crippen LogP contribution in [0.4, 0.5) is 5.69 Å². The zero-order chi connectivity index (χ0) is 28.7. The maximum atomic E-state index is 9.57. The normalized spacial score (nSPS) is 11.7. The lowest BCUT2D eigenvalue weighted by molar-refractivity contribution is 1.13. The van der Waals surface area contributed by atoms with E-state index in [1.165, 1.54) is 20.9 Å². The fourth-order valence-corrected chi connectivity index (χ4v) is 7.96. The zero-order valence-electron chi connectivity index (χ0n) is 22.7. The lowest BCUT2D eigenvalue weighted by atomic mass is 10.1. The van der Waals surface area contributed by atoms with Crippen molar-refractivity contribution in [2.24, 2.45) is 0 Å². The number of nitriles is 1. The summed E-state index contributed by atoms with van der Waals surface area (Å²) >= 11 is 1.70. The van der Waals surface area contributed by atoms with Gasteiger partial charge in [-0.1, -0.05) is 60.7 Å². The molecule has 0 aliphatic rings. The Morgan fingerprint density at radius 1 is 0.581 bits per heavy atom.